The maximum absolute atomic E-state index is 13.5. The van der Waals surface area contributed by atoms with Crippen molar-refractivity contribution in [3.05, 3.63) is 21.4 Å². The molecule has 0 aliphatic heterocycles. The Balaban J connectivity index is 2.41. The monoisotopic (exact) mass is 328 g/mol. The summed E-state index contributed by atoms with van der Waals surface area (Å²) in [5.74, 6) is -6.43. The molecule has 2 nitrogen and oxygen atoms in total. The molecule has 1 saturated carbocycles. The van der Waals surface area contributed by atoms with Gasteiger partial charge in [-0.3, -0.25) is 4.79 Å². The summed E-state index contributed by atoms with van der Waals surface area (Å²) in [6.07, 6.45) is -6.05. The highest BCUT2D eigenvalue weighted by Gasteiger charge is 2.46. The van der Waals surface area contributed by atoms with Crippen molar-refractivity contribution < 1.29 is 31.9 Å². The summed E-state index contributed by atoms with van der Waals surface area (Å²) in [5, 5.41) is 9.13. The van der Waals surface area contributed by atoms with Crippen LogP contribution in [0.3, 0.4) is 0 Å². The first-order chi connectivity index (χ1) is 9.51. The van der Waals surface area contributed by atoms with Crippen LogP contribution in [0.25, 0.3) is 0 Å². The normalized spacial score (nSPS) is 25.8. The van der Waals surface area contributed by atoms with Gasteiger partial charge in [0, 0.05) is 23.6 Å². The zero-order valence-corrected chi connectivity index (χ0v) is 11.8. The molecule has 0 radical (unpaired) electrons. The minimum Gasteiger partial charge on any atom is -0.481 e. The second-order valence-corrected chi connectivity index (χ2v) is 6.53. The van der Waals surface area contributed by atoms with Crippen LogP contribution in [-0.4, -0.2) is 17.0 Å². The lowest BCUT2D eigenvalue weighted by Gasteiger charge is -2.34. The van der Waals surface area contributed by atoms with Gasteiger partial charge in [0.15, 0.2) is 0 Å². The summed E-state index contributed by atoms with van der Waals surface area (Å²) < 4.78 is 65.2. The van der Waals surface area contributed by atoms with Crippen LogP contribution in [0.4, 0.5) is 22.0 Å². The fraction of sp³-hybridized carbons (Fsp3) is 0.615. The van der Waals surface area contributed by atoms with Gasteiger partial charge in [0.1, 0.15) is 4.88 Å². The van der Waals surface area contributed by atoms with Gasteiger partial charge in [0.25, 0.3) is 0 Å². The Morgan fingerprint density at radius 2 is 2.05 bits per heavy atom. The molecule has 0 amide bonds. The zero-order valence-electron chi connectivity index (χ0n) is 11.0. The largest absolute Gasteiger partial charge is 0.481 e. The van der Waals surface area contributed by atoms with Crippen LogP contribution in [-0.2, 0) is 11.0 Å². The van der Waals surface area contributed by atoms with Crippen molar-refractivity contribution in [2.75, 3.05) is 0 Å². The molecule has 1 fully saturated rings. The van der Waals surface area contributed by atoms with Crippen LogP contribution in [0, 0.1) is 12.8 Å². The first-order valence-corrected chi connectivity index (χ1v) is 7.11. The number of carboxylic acids is 1. The molecule has 1 aliphatic rings. The van der Waals surface area contributed by atoms with Crippen molar-refractivity contribution in [1.82, 2.24) is 0 Å². The van der Waals surface area contributed by atoms with E-state index in [9.17, 15) is 26.7 Å². The third-order valence-corrected chi connectivity index (χ3v) is 4.89. The van der Waals surface area contributed by atoms with E-state index in [1.165, 1.54) is 6.92 Å². The lowest BCUT2D eigenvalue weighted by atomic mass is 9.74. The van der Waals surface area contributed by atoms with Gasteiger partial charge in [-0.15, -0.1) is 11.3 Å². The molecule has 0 bridgehead atoms. The third kappa shape index (κ3) is 3.36. The van der Waals surface area contributed by atoms with E-state index in [0.717, 1.165) is 6.07 Å². The Morgan fingerprint density at radius 1 is 1.43 bits per heavy atom. The molecule has 1 N–H and O–H groups in total. The van der Waals surface area contributed by atoms with E-state index in [1.54, 1.807) is 0 Å². The van der Waals surface area contributed by atoms with E-state index >= 15 is 0 Å². The standard InChI is InChI=1S/C13H13F5O2S/c1-6-8(4-10(21-6)13(16,17)18)9-5-12(14,15)3-2-7(9)11(19)20/h4,7,9H,2-3,5H2,1H3,(H,19,20)/t7-,9-/m1/s1. The van der Waals surface area contributed by atoms with Crippen LogP contribution in [0.2, 0.25) is 0 Å². The number of hydrogen-bond donors (Lipinski definition) is 1. The number of aliphatic carboxylic acids is 1. The molecule has 0 aromatic carbocycles. The molecule has 0 saturated heterocycles. The maximum Gasteiger partial charge on any atom is 0.425 e. The lowest BCUT2D eigenvalue weighted by Crippen LogP contribution is -2.35. The summed E-state index contributed by atoms with van der Waals surface area (Å²) in [6, 6.07) is 0.821. The highest BCUT2D eigenvalue weighted by atomic mass is 32.1. The minimum absolute atomic E-state index is 0.0825. The van der Waals surface area contributed by atoms with Crippen molar-refractivity contribution in [3.63, 3.8) is 0 Å². The molecule has 0 unspecified atom stereocenters. The molecular formula is C13H13F5O2S. The number of rotatable bonds is 2. The van der Waals surface area contributed by atoms with Crippen LogP contribution in [0.15, 0.2) is 6.07 Å². The summed E-state index contributed by atoms with van der Waals surface area (Å²) in [7, 11) is 0. The Bertz CT molecular complexity index is 549. The number of carboxylic acid groups (broad SMARTS) is 1. The van der Waals surface area contributed by atoms with Crippen LogP contribution in [0.5, 0.6) is 0 Å². The molecule has 0 spiro atoms. The number of halogens is 5. The van der Waals surface area contributed by atoms with Crippen LogP contribution >= 0.6 is 11.3 Å². The molecule has 1 aromatic rings. The quantitative estimate of drug-likeness (QED) is 0.801. The topological polar surface area (TPSA) is 37.3 Å². The predicted octanol–water partition coefficient (Wildman–Crippen LogP) is 4.68. The first kappa shape index (κ1) is 16.2. The van der Waals surface area contributed by atoms with Crippen molar-refractivity contribution in [3.8, 4) is 0 Å². The highest BCUT2D eigenvalue weighted by molar-refractivity contribution is 7.12. The smallest absolute Gasteiger partial charge is 0.425 e. The average Bonchev–Trinajstić information content (AvgIpc) is 2.69. The van der Waals surface area contributed by atoms with Gasteiger partial charge >= 0.3 is 12.1 Å². The van der Waals surface area contributed by atoms with E-state index in [0.29, 0.717) is 11.3 Å². The molecule has 1 aliphatic carbocycles. The van der Waals surface area contributed by atoms with Crippen LogP contribution in [0.1, 0.15) is 40.5 Å². The van der Waals surface area contributed by atoms with Crippen molar-refractivity contribution in [2.24, 2.45) is 5.92 Å². The Morgan fingerprint density at radius 3 is 2.52 bits per heavy atom. The number of thiophene rings is 1. The molecule has 1 aromatic heterocycles. The van der Waals surface area contributed by atoms with Crippen molar-refractivity contribution >= 4 is 17.3 Å². The molecule has 2 atom stereocenters. The summed E-state index contributed by atoms with van der Waals surface area (Å²) in [6.45, 7) is 1.40. The summed E-state index contributed by atoms with van der Waals surface area (Å²) >= 11 is 0.466. The average molecular weight is 328 g/mol. The van der Waals surface area contributed by atoms with Gasteiger partial charge in [-0.1, -0.05) is 0 Å². The highest BCUT2D eigenvalue weighted by Crippen LogP contribution is 2.48. The Labute approximate surface area is 121 Å². The fourth-order valence-electron chi connectivity index (χ4n) is 2.76. The SMILES string of the molecule is Cc1sc(C(F)(F)F)cc1[C@@H]1CC(F)(F)CC[C@H]1C(=O)O. The molecule has 118 valence electrons. The van der Waals surface area contributed by atoms with Crippen molar-refractivity contribution in [1.29, 1.82) is 0 Å². The molecule has 21 heavy (non-hydrogen) atoms. The Hall–Kier alpha value is -1.18. The van der Waals surface area contributed by atoms with E-state index in [-0.39, 0.29) is 16.9 Å². The number of aryl methyl sites for hydroxylation is 1. The predicted molar refractivity (Wildman–Crippen MR) is 66.7 cm³/mol. The van der Waals surface area contributed by atoms with Crippen molar-refractivity contribution in [2.45, 2.75) is 44.2 Å². The second-order valence-electron chi connectivity index (χ2n) is 5.27. The van der Waals surface area contributed by atoms with E-state index in [4.69, 9.17) is 5.11 Å². The Kier molecular flexibility index (Phi) is 4.03. The molecular weight excluding hydrogens is 315 g/mol. The first-order valence-electron chi connectivity index (χ1n) is 6.29. The number of alkyl halides is 5. The number of carbonyl (C=O) groups is 1. The van der Waals surface area contributed by atoms with E-state index in [2.05, 4.69) is 0 Å². The van der Waals surface area contributed by atoms with E-state index in [1.807, 2.05) is 0 Å². The fourth-order valence-corrected chi connectivity index (χ4v) is 3.72. The van der Waals surface area contributed by atoms with Gasteiger partial charge in [0.2, 0.25) is 5.92 Å². The van der Waals surface area contributed by atoms with Gasteiger partial charge in [-0.25, -0.2) is 8.78 Å². The van der Waals surface area contributed by atoms with Gasteiger partial charge < -0.3 is 5.11 Å². The second kappa shape index (κ2) is 5.23. The van der Waals surface area contributed by atoms with Gasteiger partial charge in [-0.05, 0) is 25.0 Å². The number of hydrogen-bond acceptors (Lipinski definition) is 2. The minimum atomic E-state index is -4.55. The van der Waals surface area contributed by atoms with E-state index < -0.39 is 47.6 Å². The molecule has 2 rings (SSSR count). The van der Waals surface area contributed by atoms with Gasteiger partial charge in [-0.2, -0.15) is 13.2 Å². The lowest BCUT2D eigenvalue weighted by molar-refractivity contribution is -0.147. The third-order valence-electron chi connectivity index (χ3n) is 3.78. The maximum atomic E-state index is 13.5. The molecule has 1 heterocycles. The summed E-state index contributed by atoms with van der Waals surface area (Å²) in [5.41, 5.74) is 0.0825. The van der Waals surface area contributed by atoms with Gasteiger partial charge in [0.05, 0.1) is 5.92 Å². The zero-order chi connectivity index (χ0) is 16.0. The molecule has 8 heteroatoms. The summed E-state index contributed by atoms with van der Waals surface area (Å²) in [4.78, 5) is 10.6. The van der Waals surface area contributed by atoms with Crippen LogP contribution < -0.4 is 0 Å².